The molecule has 0 aromatic heterocycles. The molecule has 9 rings (SSSR count). The third-order valence-electron chi connectivity index (χ3n) is 12.9. The molecule has 6 aromatic carbocycles. The molecule has 0 bridgehead atoms. The van der Waals surface area contributed by atoms with E-state index in [1.165, 1.54) is 110 Å². The Hall–Kier alpha value is -4.88. The summed E-state index contributed by atoms with van der Waals surface area (Å²) >= 11 is 0. The summed E-state index contributed by atoms with van der Waals surface area (Å²) in [6, 6.07) is 49.2. The second kappa shape index (κ2) is 11.8. The summed E-state index contributed by atoms with van der Waals surface area (Å²) in [6.07, 6.45) is 5.00. The van der Waals surface area contributed by atoms with E-state index in [-0.39, 0.29) is 21.7 Å². The van der Waals surface area contributed by atoms with Gasteiger partial charge in [0.25, 0.3) is 0 Å². The summed E-state index contributed by atoms with van der Waals surface area (Å²) < 4.78 is 0. The highest BCUT2D eigenvalue weighted by Crippen LogP contribution is 2.59. The van der Waals surface area contributed by atoms with Gasteiger partial charge in [-0.2, -0.15) is 0 Å². The monoisotopic (exact) mass is 691 g/mol. The maximum Gasteiger partial charge on any atom is 0.0540 e. The molecule has 0 N–H and O–H groups in total. The number of fused-ring (bicyclic) bond motifs is 8. The van der Waals surface area contributed by atoms with E-state index in [4.69, 9.17) is 0 Å². The Balaban J connectivity index is 1.32. The molecule has 1 fully saturated rings. The van der Waals surface area contributed by atoms with Crippen molar-refractivity contribution < 1.29 is 0 Å². The van der Waals surface area contributed by atoms with E-state index in [9.17, 15) is 0 Å². The van der Waals surface area contributed by atoms with Gasteiger partial charge in [0.2, 0.25) is 0 Å². The average Bonchev–Trinajstić information content (AvgIpc) is 3.81. The molecule has 1 saturated carbocycles. The van der Waals surface area contributed by atoms with Crippen LogP contribution in [-0.2, 0) is 21.7 Å². The van der Waals surface area contributed by atoms with E-state index in [0.717, 1.165) is 0 Å². The standard InChI is InChI=1S/C52H53N/c1-49(2,3)34-30-35(50(4,5)6)32-37(31-34)53(36-26-27-40-38-18-10-13-24-45(38)52(46(40)33-36)28-15-16-29-52)47-25-14-11-20-41(47)43-22-17-21-42-39-19-9-12-23-44(39)51(7,8)48(42)43/h9-14,17-27,30-33H,15-16,28-29H2,1-8H3. The van der Waals surface area contributed by atoms with Crippen molar-refractivity contribution in [1.29, 1.82) is 0 Å². The quantitative estimate of drug-likeness (QED) is 0.178. The Morgan fingerprint density at radius 2 is 0.962 bits per heavy atom. The average molecular weight is 692 g/mol. The summed E-state index contributed by atoms with van der Waals surface area (Å²) in [5.74, 6) is 0. The first-order valence-corrected chi connectivity index (χ1v) is 19.8. The third kappa shape index (κ3) is 5.18. The van der Waals surface area contributed by atoms with Gasteiger partial charge in [-0.3, -0.25) is 0 Å². The lowest BCUT2D eigenvalue weighted by molar-refractivity contribution is 0.550. The second-order valence-corrected chi connectivity index (χ2v) is 18.6. The highest BCUT2D eigenvalue weighted by molar-refractivity contribution is 5.95. The number of nitrogens with zero attached hydrogens (tertiary/aromatic N) is 1. The van der Waals surface area contributed by atoms with E-state index >= 15 is 0 Å². The fourth-order valence-corrected chi connectivity index (χ4v) is 10.1. The van der Waals surface area contributed by atoms with Gasteiger partial charge < -0.3 is 4.90 Å². The molecule has 3 aliphatic rings. The van der Waals surface area contributed by atoms with Crippen LogP contribution in [0.2, 0.25) is 0 Å². The second-order valence-electron chi connectivity index (χ2n) is 18.6. The van der Waals surface area contributed by atoms with Gasteiger partial charge in [0, 0.05) is 27.8 Å². The van der Waals surface area contributed by atoms with Gasteiger partial charge in [-0.15, -0.1) is 0 Å². The van der Waals surface area contributed by atoms with Crippen LogP contribution in [0.5, 0.6) is 0 Å². The lowest BCUT2D eigenvalue weighted by Gasteiger charge is -2.34. The van der Waals surface area contributed by atoms with Crippen molar-refractivity contribution >= 4 is 17.1 Å². The summed E-state index contributed by atoms with van der Waals surface area (Å²) in [5, 5.41) is 0. The summed E-state index contributed by atoms with van der Waals surface area (Å²) in [4.78, 5) is 2.60. The van der Waals surface area contributed by atoms with Crippen molar-refractivity contribution in [2.24, 2.45) is 0 Å². The van der Waals surface area contributed by atoms with E-state index in [2.05, 4.69) is 188 Å². The highest BCUT2D eigenvalue weighted by Gasteiger charge is 2.45. The molecule has 0 unspecified atom stereocenters. The van der Waals surface area contributed by atoms with Gasteiger partial charge in [0.1, 0.15) is 0 Å². The van der Waals surface area contributed by atoms with Crippen LogP contribution in [0.3, 0.4) is 0 Å². The van der Waals surface area contributed by atoms with Crippen LogP contribution < -0.4 is 4.90 Å². The molecular formula is C52H53N. The summed E-state index contributed by atoms with van der Waals surface area (Å²) in [7, 11) is 0. The zero-order valence-electron chi connectivity index (χ0n) is 32.9. The van der Waals surface area contributed by atoms with Crippen molar-refractivity contribution in [1.82, 2.24) is 0 Å². The van der Waals surface area contributed by atoms with Crippen molar-refractivity contribution in [2.45, 2.75) is 103 Å². The van der Waals surface area contributed by atoms with Crippen LogP contribution in [0.1, 0.15) is 114 Å². The molecule has 0 radical (unpaired) electrons. The SMILES string of the molecule is CC(C)(C)c1cc(N(c2ccc3c(c2)C2(CCCC2)c2ccccc2-3)c2ccccc2-c2cccc3c2C(C)(C)c2ccccc2-3)cc(C(C)(C)C)c1. The van der Waals surface area contributed by atoms with Crippen molar-refractivity contribution in [2.75, 3.05) is 4.90 Å². The minimum atomic E-state index is -0.125. The van der Waals surface area contributed by atoms with E-state index in [1.54, 1.807) is 0 Å². The van der Waals surface area contributed by atoms with Gasteiger partial charge in [-0.1, -0.05) is 165 Å². The van der Waals surface area contributed by atoms with Gasteiger partial charge in [-0.25, -0.2) is 0 Å². The maximum absolute atomic E-state index is 2.60. The number of para-hydroxylation sites is 1. The number of benzene rings is 6. The first kappa shape index (κ1) is 33.9. The molecule has 0 saturated heterocycles. The minimum absolute atomic E-state index is 0.00919. The van der Waals surface area contributed by atoms with Crippen LogP contribution in [0.25, 0.3) is 33.4 Å². The van der Waals surface area contributed by atoms with Crippen molar-refractivity contribution in [3.8, 4) is 33.4 Å². The molecule has 0 amide bonds. The number of hydrogen-bond acceptors (Lipinski definition) is 1. The third-order valence-corrected chi connectivity index (χ3v) is 12.9. The normalized spacial score (nSPS) is 16.3. The number of anilines is 3. The number of hydrogen-bond donors (Lipinski definition) is 0. The molecule has 1 nitrogen and oxygen atoms in total. The molecule has 266 valence electrons. The zero-order valence-corrected chi connectivity index (χ0v) is 32.9. The smallest absolute Gasteiger partial charge is 0.0540 e. The summed E-state index contributed by atoms with van der Waals surface area (Å²) in [6.45, 7) is 18.9. The van der Waals surface area contributed by atoms with Crippen LogP contribution in [0, 0.1) is 0 Å². The Morgan fingerprint density at radius 1 is 0.453 bits per heavy atom. The molecule has 6 aromatic rings. The van der Waals surface area contributed by atoms with E-state index < -0.39 is 0 Å². The summed E-state index contributed by atoms with van der Waals surface area (Å²) in [5.41, 5.74) is 20.3. The first-order valence-electron chi connectivity index (χ1n) is 19.8. The van der Waals surface area contributed by atoms with E-state index in [0.29, 0.717) is 0 Å². The Bertz CT molecular complexity index is 2370. The number of rotatable bonds is 4. The topological polar surface area (TPSA) is 3.24 Å². The Labute approximate surface area is 317 Å². The fourth-order valence-electron chi connectivity index (χ4n) is 10.1. The van der Waals surface area contributed by atoms with Crippen molar-refractivity contribution in [3.05, 3.63) is 161 Å². The molecule has 53 heavy (non-hydrogen) atoms. The molecule has 0 heterocycles. The highest BCUT2D eigenvalue weighted by atomic mass is 15.1. The predicted molar refractivity (Wildman–Crippen MR) is 226 cm³/mol. The lowest BCUT2D eigenvalue weighted by Crippen LogP contribution is -2.22. The molecule has 0 aliphatic heterocycles. The molecular weight excluding hydrogens is 639 g/mol. The van der Waals surface area contributed by atoms with Crippen LogP contribution >= 0.6 is 0 Å². The van der Waals surface area contributed by atoms with Crippen LogP contribution in [0.4, 0.5) is 17.1 Å². The fraction of sp³-hybridized carbons (Fsp3) is 0.308. The Morgan fingerprint density at radius 3 is 1.60 bits per heavy atom. The molecule has 3 aliphatic carbocycles. The zero-order chi connectivity index (χ0) is 36.9. The molecule has 1 spiro atoms. The van der Waals surface area contributed by atoms with Gasteiger partial charge in [-0.05, 0) is 115 Å². The molecule has 0 atom stereocenters. The van der Waals surface area contributed by atoms with Gasteiger partial charge in [0.15, 0.2) is 0 Å². The maximum atomic E-state index is 2.60. The largest absolute Gasteiger partial charge is 0.310 e. The van der Waals surface area contributed by atoms with Crippen LogP contribution in [-0.4, -0.2) is 0 Å². The van der Waals surface area contributed by atoms with Crippen LogP contribution in [0.15, 0.2) is 127 Å². The van der Waals surface area contributed by atoms with Gasteiger partial charge >= 0.3 is 0 Å². The first-order chi connectivity index (χ1) is 25.3. The Kier molecular flexibility index (Phi) is 7.56. The van der Waals surface area contributed by atoms with E-state index in [1.807, 2.05) is 0 Å². The van der Waals surface area contributed by atoms with Gasteiger partial charge in [0.05, 0.1) is 5.69 Å². The molecule has 1 heteroatoms. The predicted octanol–water partition coefficient (Wildman–Crippen LogP) is 14.6. The minimum Gasteiger partial charge on any atom is -0.310 e. The lowest BCUT2D eigenvalue weighted by atomic mass is 9.76. The van der Waals surface area contributed by atoms with Crippen molar-refractivity contribution in [3.63, 3.8) is 0 Å².